The Labute approximate surface area is 98.9 Å². The van der Waals surface area contributed by atoms with Crippen molar-refractivity contribution in [3.8, 4) is 0 Å². The standard InChI is InChI=1S/C12H13NO4/c1-3-17-12(14)9(2)7-10-5-4-6-11(8-10)13(15)16/h4-8H,3H2,1-2H3. The molecule has 17 heavy (non-hydrogen) atoms. The quantitative estimate of drug-likeness (QED) is 0.348. The molecule has 1 rings (SSSR count). The second-order valence-corrected chi connectivity index (χ2v) is 3.40. The predicted molar refractivity (Wildman–Crippen MR) is 63.4 cm³/mol. The van der Waals surface area contributed by atoms with Crippen LogP contribution in [0.5, 0.6) is 0 Å². The van der Waals surface area contributed by atoms with E-state index < -0.39 is 10.9 Å². The first kappa shape index (κ1) is 12.9. The van der Waals surface area contributed by atoms with Gasteiger partial charge >= 0.3 is 5.97 Å². The fourth-order valence-electron chi connectivity index (χ4n) is 1.28. The summed E-state index contributed by atoms with van der Waals surface area (Å²) >= 11 is 0. The third-order valence-corrected chi connectivity index (χ3v) is 2.06. The highest BCUT2D eigenvalue weighted by Gasteiger charge is 2.07. The van der Waals surface area contributed by atoms with Crippen molar-refractivity contribution < 1.29 is 14.5 Å². The Morgan fingerprint density at radius 1 is 1.53 bits per heavy atom. The van der Waals surface area contributed by atoms with E-state index in [9.17, 15) is 14.9 Å². The number of non-ortho nitro benzene ring substituents is 1. The molecule has 0 aliphatic rings. The van der Waals surface area contributed by atoms with Gasteiger partial charge in [-0.1, -0.05) is 12.1 Å². The zero-order valence-corrected chi connectivity index (χ0v) is 9.67. The molecule has 5 nitrogen and oxygen atoms in total. The van der Waals surface area contributed by atoms with Gasteiger partial charge in [0.15, 0.2) is 0 Å². The number of carbonyl (C=O) groups excluding carboxylic acids is 1. The van der Waals surface area contributed by atoms with Crippen LogP contribution in [0.2, 0.25) is 0 Å². The van der Waals surface area contributed by atoms with Gasteiger partial charge in [0.25, 0.3) is 5.69 Å². The highest BCUT2D eigenvalue weighted by molar-refractivity contribution is 5.93. The molecular formula is C12H13NO4. The number of hydrogen-bond acceptors (Lipinski definition) is 4. The summed E-state index contributed by atoms with van der Waals surface area (Å²) < 4.78 is 4.81. The maximum atomic E-state index is 11.3. The minimum Gasteiger partial charge on any atom is -0.463 e. The second-order valence-electron chi connectivity index (χ2n) is 3.40. The molecule has 0 spiro atoms. The average Bonchev–Trinajstić information content (AvgIpc) is 2.29. The lowest BCUT2D eigenvalue weighted by Crippen LogP contribution is -2.04. The summed E-state index contributed by atoms with van der Waals surface area (Å²) in [4.78, 5) is 21.4. The molecule has 1 aromatic carbocycles. The van der Waals surface area contributed by atoms with Gasteiger partial charge < -0.3 is 4.74 Å². The SMILES string of the molecule is CCOC(=O)C(C)=Cc1cccc([N+](=O)[O-])c1. The van der Waals surface area contributed by atoms with Crippen molar-refractivity contribution in [2.24, 2.45) is 0 Å². The second kappa shape index (κ2) is 5.79. The number of nitro benzene ring substituents is 1. The summed E-state index contributed by atoms with van der Waals surface area (Å²) in [5, 5.41) is 10.6. The molecule has 0 amide bonds. The van der Waals surface area contributed by atoms with E-state index in [-0.39, 0.29) is 5.69 Å². The number of nitro groups is 1. The van der Waals surface area contributed by atoms with Crippen LogP contribution in [0.15, 0.2) is 29.8 Å². The van der Waals surface area contributed by atoms with E-state index in [1.165, 1.54) is 12.1 Å². The summed E-state index contributed by atoms with van der Waals surface area (Å²) in [6.07, 6.45) is 1.56. The first-order valence-electron chi connectivity index (χ1n) is 5.14. The zero-order chi connectivity index (χ0) is 12.8. The molecule has 0 N–H and O–H groups in total. The van der Waals surface area contributed by atoms with Crippen LogP contribution in [0.4, 0.5) is 5.69 Å². The van der Waals surface area contributed by atoms with Crippen molar-refractivity contribution in [2.45, 2.75) is 13.8 Å². The van der Waals surface area contributed by atoms with Crippen LogP contribution in [-0.4, -0.2) is 17.5 Å². The van der Waals surface area contributed by atoms with Gasteiger partial charge in [-0.15, -0.1) is 0 Å². The summed E-state index contributed by atoms with van der Waals surface area (Å²) in [6, 6.07) is 6.07. The largest absolute Gasteiger partial charge is 0.463 e. The molecule has 5 heteroatoms. The molecule has 1 aromatic rings. The molecule has 0 atom stereocenters. The van der Waals surface area contributed by atoms with E-state index in [4.69, 9.17) is 4.74 Å². The summed E-state index contributed by atoms with van der Waals surface area (Å²) in [6.45, 7) is 3.63. The molecule has 0 fully saturated rings. The third-order valence-electron chi connectivity index (χ3n) is 2.06. The monoisotopic (exact) mass is 235 g/mol. The topological polar surface area (TPSA) is 69.4 Å². The summed E-state index contributed by atoms with van der Waals surface area (Å²) in [5.74, 6) is -0.418. The van der Waals surface area contributed by atoms with Gasteiger partial charge in [-0.2, -0.15) is 0 Å². The molecule has 0 aromatic heterocycles. The average molecular weight is 235 g/mol. The Morgan fingerprint density at radius 3 is 2.82 bits per heavy atom. The Kier molecular flexibility index (Phi) is 4.39. The van der Waals surface area contributed by atoms with E-state index >= 15 is 0 Å². The van der Waals surface area contributed by atoms with Gasteiger partial charge in [-0.05, 0) is 25.5 Å². The van der Waals surface area contributed by atoms with Gasteiger partial charge in [0, 0.05) is 17.7 Å². The van der Waals surface area contributed by atoms with Gasteiger partial charge in [0.1, 0.15) is 0 Å². The van der Waals surface area contributed by atoms with Gasteiger partial charge in [-0.3, -0.25) is 10.1 Å². The minimum atomic E-state index is -0.475. The molecule has 0 unspecified atom stereocenters. The number of carbonyl (C=O) groups is 1. The number of nitrogens with zero attached hydrogens (tertiary/aromatic N) is 1. The van der Waals surface area contributed by atoms with Crippen LogP contribution >= 0.6 is 0 Å². The van der Waals surface area contributed by atoms with Gasteiger partial charge in [0.05, 0.1) is 11.5 Å². The van der Waals surface area contributed by atoms with Crippen molar-refractivity contribution in [1.29, 1.82) is 0 Å². The highest BCUT2D eigenvalue weighted by Crippen LogP contribution is 2.15. The molecule has 0 saturated carbocycles. The van der Waals surface area contributed by atoms with Crippen LogP contribution in [-0.2, 0) is 9.53 Å². The number of esters is 1. The Balaban J connectivity index is 2.94. The van der Waals surface area contributed by atoms with Crippen LogP contribution in [0.3, 0.4) is 0 Å². The lowest BCUT2D eigenvalue weighted by Gasteiger charge is -2.01. The molecule has 0 aliphatic heterocycles. The molecule has 0 aliphatic carbocycles. The maximum Gasteiger partial charge on any atom is 0.333 e. The van der Waals surface area contributed by atoms with Crippen molar-refractivity contribution in [1.82, 2.24) is 0 Å². The Morgan fingerprint density at radius 2 is 2.24 bits per heavy atom. The van der Waals surface area contributed by atoms with Crippen LogP contribution < -0.4 is 0 Å². The molecule has 0 heterocycles. The van der Waals surface area contributed by atoms with E-state index in [1.807, 2.05) is 0 Å². The zero-order valence-electron chi connectivity index (χ0n) is 9.67. The molecular weight excluding hydrogens is 222 g/mol. The number of benzene rings is 1. The van der Waals surface area contributed by atoms with Crippen LogP contribution in [0.25, 0.3) is 6.08 Å². The smallest absolute Gasteiger partial charge is 0.333 e. The van der Waals surface area contributed by atoms with Crippen molar-refractivity contribution in [3.63, 3.8) is 0 Å². The van der Waals surface area contributed by atoms with Crippen molar-refractivity contribution >= 4 is 17.7 Å². The fraction of sp³-hybridized carbons (Fsp3) is 0.250. The molecule has 0 radical (unpaired) electrons. The van der Waals surface area contributed by atoms with E-state index in [0.717, 1.165) is 0 Å². The number of rotatable bonds is 4. The van der Waals surface area contributed by atoms with Crippen LogP contribution in [0, 0.1) is 10.1 Å². The first-order chi connectivity index (χ1) is 8.04. The lowest BCUT2D eigenvalue weighted by atomic mass is 10.1. The number of hydrogen-bond donors (Lipinski definition) is 0. The highest BCUT2D eigenvalue weighted by atomic mass is 16.6. The minimum absolute atomic E-state index is 0.00425. The summed E-state index contributed by atoms with van der Waals surface area (Å²) in [5.41, 5.74) is 1.01. The Hall–Kier alpha value is -2.17. The van der Waals surface area contributed by atoms with Crippen molar-refractivity contribution in [2.75, 3.05) is 6.61 Å². The number of ether oxygens (including phenoxy) is 1. The lowest BCUT2D eigenvalue weighted by molar-refractivity contribution is -0.384. The molecule has 0 saturated heterocycles. The normalized spacial score (nSPS) is 11.1. The molecule has 0 bridgehead atoms. The van der Waals surface area contributed by atoms with E-state index in [2.05, 4.69) is 0 Å². The van der Waals surface area contributed by atoms with Crippen molar-refractivity contribution in [3.05, 3.63) is 45.5 Å². The van der Waals surface area contributed by atoms with Crippen LogP contribution in [0.1, 0.15) is 19.4 Å². The molecule has 90 valence electrons. The third kappa shape index (κ3) is 3.71. The fourth-order valence-corrected chi connectivity index (χ4v) is 1.28. The van der Waals surface area contributed by atoms with E-state index in [0.29, 0.717) is 17.7 Å². The predicted octanol–water partition coefficient (Wildman–Crippen LogP) is 2.56. The van der Waals surface area contributed by atoms with Gasteiger partial charge in [-0.25, -0.2) is 4.79 Å². The Bertz CT molecular complexity index is 465. The van der Waals surface area contributed by atoms with Gasteiger partial charge in [0.2, 0.25) is 0 Å². The van der Waals surface area contributed by atoms with E-state index in [1.54, 1.807) is 32.1 Å². The maximum absolute atomic E-state index is 11.3. The summed E-state index contributed by atoms with van der Waals surface area (Å²) in [7, 11) is 0. The first-order valence-corrected chi connectivity index (χ1v) is 5.14.